The Bertz CT molecular complexity index is 582. The summed E-state index contributed by atoms with van der Waals surface area (Å²) >= 11 is 7.09. The molecule has 7 heteroatoms. The molecule has 0 aromatic carbocycles. The number of hydrogen-bond acceptors (Lipinski definition) is 5. The van der Waals surface area contributed by atoms with Crippen molar-refractivity contribution < 1.29 is 13.2 Å². The van der Waals surface area contributed by atoms with Crippen molar-refractivity contribution in [2.24, 2.45) is 0 Å². The average molecular weight is 322 g/mol. The van der Waals surface area contributed by atoms with E-state index in [9.17, 15) is 13.2 Å². The van der Waals surface area contributed by atoms with Gasteiger partial charge < -0.3 is 0 Å². The summed E-state index contributed by atoms with van der Waals surface area (Å²) in [5, 5.41) is 0. The number of rotatable bonds is 3. The van der Waals surface area contributed by atoms with Crippen LogP contribution in [-0.4, -0.2) is 49.2 Å². The van der Waals surface area contributed by atoms with Crippen molar-refractivity contribution >= 4 is 38.6 Å². The molecule has 1 aliphatic heterocycles. The third kappa shape index (κ3) is 3.37. The lowest BCUT2D eigenvalue weighted by Crippen LogP contribution is -2.53. The number of carbonyl (C=O) groups is 1. The van der Waals surface area contributed by atoms with Crippen LogP contribution in [0.4, 0.5) is 0 Å². The van der Waals surface area contributed by atoms with Crippen molar-refractivity contribution in [1.82, 2.24) is 4.90 Å². The van der Waals surface area contributed by atoms with Gasteiger partial charge in [-0.2, -0.15) is 0 Å². The minimum absolute atomic E-state index is 0.00282. The van der Waals surface area contributed by atoms with Crippen LogP contribution >= 0.6 is 22.9 Å². The molecule has 0 spiro atoms. The van der Waals surface area contributed by atoms with Gasteiger partial charge in [0, 0.05) is 12.6 Å². The zero-order valence-electron chi connectivity index (χ0n) is 10.8. The Kier molecular flexibility index (Phi) is 4.35. The van der Waals surface area contributed by atoms with Crippen molar-refractivity contribution in [3.05, 3.63) is 21.3 Å². The van der Waals surface area contributed by atoms with E-state index in [0.717, 1.165) is 0 Å². The molecule has 106 valence electrons. The summed E-state index contributed by atoms with van der Waals surface area (Å²) in [5.74, 6) is 0.249. The predicted molar refractivity (Wildman–Crippen MR) is 77.9 cm³/mol. The fourth-order valence-electron chi connectivity index (χ4n) is 2.39. The van der Waals surface area contributed by atoms with Gasteiger partial charge in [0.05, 0.1) is 26.8 Å². The number of thiophene rings is 1. The Morgan fingerprint density at radius 3 is 2.74 bits per heavy atom. The SMILES string of the molecule is CC1CS(=O)(=O)CCN1C(C)C(=O)c1ccc(Cl)s1. The van der Waals surface area contributed by atoms with E-state index in [1.165, 1.54) is 11.3 Å². The predicted octanol–water partition coefficient (Wildman–Crippen LogP) is 2.09. The first-order valence-corrected chi connectivity index (χ1v) is 9.07. The van der Waals surface area contributed by atoms with Crippen molar-refractivity contribution in [3.63, 3.8) is 0 Å². The Hall–Kier alpha value is -0.430. The van der Waals surface area contributed by atoms with Crippen LogP contribution in [0.15, 0.2) is 12.1 Å². The van der Waals surface area contributed by atoms with E-state index in [2.05, 4.69) is 0 Å². The number of carbonyl (C=O) groups excluding carboxylic acids is 1. The first-order chi connectivity index (χ1) is 8.80. The fourth-order valence-corrected chi connectivity index (χ4v) is 5.04. The zero-order valence-corrected chi connectivity index (χ0v) is 13.2. The molecule has 2 unspecified atom stereocenters. The topological polar surface area (TPSA) is 54.5 Å². The summed E-state index contributed by atoms with van der Waals surface area (Å²) < 4.78 is 23.7. The number of Topliss-reactive ketones (excluding diaryl/α,β-unsaturated/α-hetero) is 1. The van der Waals surface area contributed by atoms with Gasteiger partial charge in [-0.3, -0.25) is 9.69 Å². The van der Waals surface area contributed by atoms with Crippen LogP contribution in [0.3, 0.4) is 0 Å². The van der Waals surface area contributed by atoms with Crippen LogP contribution in [0.25, 0.3) is 0 Å². The number of hydrogen-bond donors (Lipinski definition) is 0. The van der Waals surface area contributed by atoms with Crippen molar-refractivity contribution in [1.29, 1.82) is 0 Å². The highest BCUT2D eigenvalue weighted by Gasteiger charge is 2.34. The van der Waals surface area contributed by atoms with E-state index in [1.807, 2.05) is 18.7 Å². The Morgan fingerprint density at radius 2 is 2.21 bits per heavy atom. The third-order valence-corrected chi connectivity index (χ3v) is 6.46. The standard InChI is InChI=1S/C12H16ClNO3S2/c1-8-7-19(16,17)6-5-14(8)9(2)12(15)10-3-4-11(13)18-10/h3-4,8-9H,5-7H2,1-2H3. The molecule has 0 saturated carbocycles. The minimum atomic E-state index is -2.96. The van der Waals surface area contributed by atoms with Crippen LogP contribution in [0.5, 0.6) is 0 Å². The molecule has 0 amide bonds. The smallest absolute Gasteiger partial charge is 0.189 e. The molecule has 2 heterocycles. The second-order valence-corrected chi connectivity index (χ2v) is 8.79. The molecule has 1 aromatic heterocycles. The molecule has 1 aliphatic rings. The lowest BCUT2D eigenvalue weighted by molar-refractivity contribution is 0.0799. The van der Waals surface area contributed by atoms with Crippen LogP contribution in [0.1, 0.15) is 23.5 Å². The normalized spacial score (nSPS) is 25.1. The Balaban J connectivity index is 2.12. The van der Waals surface area contributed by atoms with Crippen LogP contribution < -0.4 is 0 Å². The highest BCUT2D eigenvalue weighted by Crippen LogP contribution is 2.25. The molecular weight excluding hydrogens is 306 g/mol. The fraction of sp³-hybridized carbons (Fsp3) is 0.583. The molecule has 1 fully saturated rings. The Morgan fingerprint density at radius 1 is 1.53 bits per heavy atom. The molecule has 19 heavy (non-hydrogen) atoms. The van der Waals surface area contributed by atoms with E-state index in [1.54, 1.807) is 12.1 Å². The summed E-state index contributed by atoms with van der Waals surface area (Å²) in [6.07, 6.45) is 0. The lowest BCUT2D eigenvalue weighted by Gasteiger charge is -2.36. The minimum Gasteiger partial charge on any atom is -0.291 e. The molecule has 0 N–H and O–H groups in total. The molecular formula is C12H16ClNO3S2. The van der Waals surface area contributed by atoms with Gasteiger partial charge in [0.1, 0.15) is 0 Å². The molecule has 0 aliphatic carbocycles. The van der Waals surface area contributed by atoms with E-state index < -0.39 is 9.84 Å². The summed E-state index contributed by atoms with van der Waals surface area (Å²) in [6, 6.07) is 2.97. The molecule has 0 bridgehead atoms. The van der Waals surface area contributed by atoms with E-state index in [4.69, 9.17) is 11.6 Å². The van der Waals surface area contributed by atoms with E-state index >= 15 is 0 Å². The van der Waals surface area contributed by atoms with Crippen molar-refractivity contribution in [2.45, 2.75) is 25.9 Å². The number of sulfone groups is 1. The average Bonchev–Trinajstić information content (AvgIpc) is 2.73. The summed E-state index contributed by atoms with van der Waals surface area (Å²) in [6.45, 7) is 4.09. The van der Waals surface area contributed by atoms with Crippen molar-refractivity contribution in [3.8, 4) is 0 Å². The van der Waals surface area contributed by atoms with Gasteiger partial charge in [-0.25, -0.2) is 8.42 Å². The second-order valence-electron chi connectivity index (χ2n) is 4.85. The molecule has 2 rings (SSSR count). The molecule has 4 nitrogen and oxygen atoms in total. The van der Waals surface area contributed by atoms with Crippen LogP contribution in [-0.2, 0) is 9.84 Å². The van der Waals surface area contributed by atoms with E-state index in [0.29, 0.717) is 15.8 Å². The zero-order chi connectivity index (χ0) is 14.2. The summed E-state index contributed by atoms with van der Waals surface area (Å²) in [4.78, 5) is 14.9. The monoisotopic (exact) mass is 321 g/mol. The highest BCUT2D eigenvalue weighted by molar-refractivity contribution is 7.91. The molecule has 1 aromatic rings. The van der Waals surface area contributed by atoms with Gasteiger partial charge in [-0.05, 0) is 26.0 Å². The number of ketones is 1. The number of nitrogens with zero attached hydrogens (tertiary/aromatic N) is 1. The first kappa shape index (κ1) is 15.0. The van der Waals surface area contributed by atoms with Crippen LogP contribution in [0, 0.1) is 0 Å². The summed E-state index contributed by atoms with van der Waals surface area (Å²) in [7, 11) is -2.96. The molecule has 0 radical (unpaired) electrons. The maximum Gasteiger partial charge on any atom is 0.189 e. The maximum absolute atomic E-state index is 12.3. The maximum atomic E-state index is 12.3. The van der Waals surface area contributed by atoms with Gasteiger partial charge in [-0.15, -0.1) is 11.3 Å². The number of halogens is 1. The highest BCUT2D eigenvalue weighted by atomic mass is 35.5. The summed E-state index contributed by atoms with van der Waals surface area (Å²) in [5.41, 5.74) is 0. The van der Waals surface area contributed by atoms with Crippen molar-refractivity contribution in [2.75, 3.05) is 18.1 Å². The second kappa shape index (κ2) is 5.52. The third-order valence-electron chi connectivity index (χ3n) is 3.41. The quantitative estimate of drug-likeness (QED) is 0.800. The lowest BCUT2D eigenvalue weighted by atomic mass is 10.1. The Labute approximate surface area is 122 Å². The van der Waals surface area contributed by atoms with E-state index in [-0.39, 0.29) is 29.4 Å². The molecule has 1 saturated heterocycles. The van der Waals surface area contributed by atoms with Crippen LogP contribution in [0.2, 0.25) is 4.34 Å². The van der Waals surface area contributed by atoms with Gasteiger partial charge >= 0.3 is 0 Å². The molecule has 2 atom stereocenters. The van der Waals surface area contributed by atoms with Gasteiger partial charge in [0.25, 0.3) is 0 Å². The van der Waals surface area contributed by atoms with Gasteiger partial charge in [0.15, 0.2) is 15.6 Å². The first-order valence-electron chi connectivity index (χ1n) is 6.06. The van der Waals surface area contributed by atoms with Gasteiger partial charge in [-0.1, -0.05) is 11.6 Å². The van der Waals surface area contributed by atoms with Gasteiger partial charge in [0.2, 0.25) is 0 Å². The largest absolute Gasteiger partial charge is 0.291 e.